The quantitative estimate of drug-likeness (QED) is 0.649. The van der Waals surface area contributed by atoms with Gasteiger partial charge in [-0.2, -0.15) is 0 Å². The lowest BCUT2D eigenvalue weighted by atomic mass is 9.97. The molecule has 1 aliphatic rings. The van der Waals surface area contributed by atoms with Crippen molar-refractivity contribution in [1.82, 2.24) is 10.6 Å². The molecule has 92 valence electrons. The smallest absolute Gasteiger partial charge is 0.326 e. The minimum atomic E-state index is -0.982. The minimum absolute atomic E-state index is 0.119. The van der Waals surface area contributed by atoms with E-state index < -0.39 is 17.6 Å². The second-order valence-corrected chi connectivity index (χ2v) is 4.90. The van der Waals surface area contributed by atoms with Gasteiger partial charge in [-0.05, 0) is 32.2 Å². The Bertz CT molecular complexity index is 283. The lowest BCUT2D eigenvalue weighted by Crippen LogP contribution is -2.56. The molecule has 0 aromatic heterocycles. The van der Waals surface area contributed by atoms with E-state index in [4.69, 9.17) is 5.11 Å². The van der Waals surface area contributed by atoms with Gasteiger partial charge in [0.15, 0.2) is 0 Å². The first-order chi connectivity index (χ1) is 7.37. The summed E-state index contributed by atoms with van der Waals surface area (Å²) in [6.07, 6.45) is 1.70. The van der Waals surface area contributed by atoms with Crippen LogP contribution in [0.5, 0.6) is 0 Å². The number of rotatable bonds is 4. The number of nitrogens with one attached hydrogen (secondary N) is 2. The summed E-state index contributed by atoms with van der Waals surface area (Å²) in [6, 6.07) is -0.813. The average Bonchev–Trinajstić information content (AvgIpc) is 2.61. The second kappa shape index (κ2) is 4.82. The number of hydrogen-bond acceptors (Lipinski definition) is 3. The van der Waals surface area contributed by atoms with Crippen LogP contribution in [0.4, 0.5) is 0 Å². The number of carboxylic acids is 1. The van der Waals surface area contributed by atoms with E-state index in [2.05, 4.69) is 10.6 Å². The van der Waals surface area contributed by atoms with Gasteiger partial charge in [0.1, 0.15) is 6.04 Å². The highest BCUT2D eigenvalue weighted by Crippen LogP contribution is 2.19. The number of carbonyl (C=O) groups excluding carboxylic acids is 1. The van der Waals surface area contributed by atoms with E-state index in [1.807, 2.05) is 6.92 Å². The minimum Gasteiger partial charge on any atom is -0.480 e. The molecule has 0 aliphatic carbocycles. The molecule has 3 N–H and O–H groups in total. The van der Waals surface area contributed by atoms with Crippen LogP contribution in [0.2, 0.25) is 0 Å². The molecule has 1 amide bonds. The van der Waals surface area contributed by atoms with Gasteiger partial charge >= 0.3 is 5.97 Å². The van der Waals surface area contributed by atoms with Gasteiger partial charge in [-0.15, -0.1) is 0 Å². The maximum absolute atomic E-state index is 11.9. The van der Waals surface area contributed by atoms with Crippen LogP contribution in [0.25, 0.3) is 0 Å². The average molecular weight is 228 g/mol. The second-order valence-electron chi connectivity index (χ2n) is 4.90. The van der Waals surface area contributed by atoms with Crippen LogP contribution in [0.1, 0.15) is 33.6 Å². The van der Waals surface area contributed by atoms with Crippen molar-refractivity contribution in [1.29, 1.82) is 0 Å². The molecule has 5 heteroatoms. The third kappa shape index (κ3) is 2.72. The van der Waals surface area contributed by atoms with Crippen LogP contribution in [0.3, 0.4) is 0 Å². The first kappa shape index (κ1) is 13.0. The lowest BCUT2D eigenvalue weighted by Gasteiger charge is -2.27. The monoisotopic (exact) mass is 228 g/mol. The van der Waals surface area contributed by atoms with Gasteiger partial charge in [-0.25, -0.2) is 4.79 Å². The van der Waals surface area contributed by atoms with Crippen molar-refractivity contribution in [2.24, 2.45) is 5.92 Å². The first-order valence-corrected chi connectivity index (χ1v) is 5.65. The molecular formula is C11H20N2O3. The van der Waals surface area contributed by atoms with Gasteiger partial charge in [-0.1, -0.05) is 13.8 Å². The highest BCUT2D eigenvalue weighted by Gasteiger charge is 2.38. The Morgan fingerprint density at radius 3 is 2.44 bits per heavy atom. The maximum Gasteiger partial charge on any atom is 0.326 e. The van der Waals surface area contributed by atoms with E-state index >= 15 is 0 Å². The maximum atomic E-state index is 11.9. The molecule has 1 heterocycles. The highest BCUT2D eigenvalue weighted by atomic mass is 16.4. The van der Waals surface area contributed by atoms with Crippen molar-refractivity contribution >= 4 is 11.9 Å². The van der Waals surface area contributed by atoms with Gasteiger partial charge in [0, 0.05) is 0 Å². The number of hydrogen-bond donors (Lipinski definition) is 3. The molecule has 0 aromatic carbocycles. The van der Waals surface area contributed by atoms with Gasteiger partial charge in [-0.3, -0.25) is 4.79 Å². The summed E-state index contributed by atoms with van der Waals surface area (Å²) in [5.74, 6) is -1.32. The molecular weight excluding hydrogens is 208 g/mol. The Morgan fingerprint density at radius 2 is 2.06 bits per heavy atom. The van der Waals surface area contributed by atoms with E-state index in [0.29, 0.717) is 0 Å². The highest BCUT2D eigenvalue weighted by molar-refractivity contribution is 5.90. The van der Waals surface area contributed by atoms with Crippen molar-refractivity contribution in [3.8, 4) is 0 Å². The van der Waals surface area contributed by atoms with Crippen LogP contribution in [-0.2, 0) is 9.59 Å². The van der Waals surface area contributed by atoms with Crippen molar-refractivity contribution in [2.45, 2.75) is 45.2 Å². The van der Waals surface area contributed by atoms with Crippen molar-refractivity contribution in [2.75, 3.05) is 6.54 Å². The normalized spacial score (nSPS) is 26.8. The summed E-state index contributed by atoms with van der Waals surface area (Å²) in [4.78, 5) is 22.9. The molecule has 1 saturated heterocycles. The summed E-state index contributed by atoms with van der Waals surface area (Å²) >= 11 is 0. The molecule has 0 aromatic rings. The summed E-state index contributed by atoms with van der Waals surface area (Å²) in [6.45, 7) is 6.19. The molecule has 0 spiro atoms. The molecule has 1 aliphatic heterocycles. The molecule has 0 saturated carbocycles. The molecule has 0 radical (unpaired) electrons. The Morgan fingerprint density at radius 1 is 1.44 bits per heavy atom. The number of aliphatic carboxylic acids is 1. The number of amides is 1. The van der Waals surface area contributed by atoms with Crippen molar-refractivity contribution in [3.63, 3.8) is 0 Å². The predicted molar refractivity (Wildman–Crippen MR) is 60.0 cm³/mol. The molecule has 1 unspecified atom stereocenters. The fraction of sp³-hybridized carbons (Fsp3) is 0.818. The summed E-state index contributed by atoms with van der Waals surface area (Å²) in [5.41, 5.74) is -0.609. The van der Waals surface area contributed by atoms with Crippen LogP contribution in [0.15, 0.2) is 0 Å². The van der Waals surface area contributed by atoms with E-state index in [9.17, 15) is 9.59 Å². The Hall–Kier alpha value is -1.10. The zero-order valence-electron chi connectivity index (χ0n) is 10.0. The largest absolute Gasteiger partial charge is 0.480 e. The topological polar surface area (TPSA) is 78.4 Å². The summed E-state index contributed by atoms with van der Waals surface area (Å²) in [7, 11) is 0. The Kier molecular flexibility index (Phi) is 3.91. The molecule has 1 rings (SSSR count). The molecule has 16 heavy (non-hydrogen) atoms. The molecule has 5 nitrogen and oxygen atoms in total. The zero-order chi connectivity index (χ0) is 12.3. The van der Waals surface area contributed by atoms with Crippen molar-refractivity contribution < 1.29 is 14.7 Å². The Labute approximate surface area is 95.6 Å². The van der Waals surface area contributed by atoms with E-state index in [-0.39, 0.29) is 11.8 Å². The third-order valence-corrected chi connectivity index (χ3v) is 3.09. The standard InChI is InChI=1S/C11H20N2O3/c1-7(2)8(9(14)15)13-10(16)11(3)5-4-6-12-11/h7-8,12H,4-6H2,1-3H3,(H,13,16)(H,14,15)/t8-,11?/m1/s1. The fourth-order valence-corrected chi connectivity index (χ4v) is 1.90. The van der Waals surface area contributed by atoms with Crippen LogP contribution >= 0.6 is 0 Å². The molecule has 0 bridgehead atoms. The van der Waals surface area contributed by atoms with E-state index in [1.165, 1.54) is 0 Å². The van der Waals surface area contributed by atoms with Gasteiger partial charge < -0.3 is 15.7 Å². The fourth-order valence-electron chi connectivity index (χ4n) is 1.90. The summed E-state index contributed by atoms with van der Waals surface area (Å²) in [5, 5.41) is 14.7. The van der Waals surface area contributed by atoms with E-state index in [0.717, 1.165) is 19.4 Å². The Balaban J connectivity index is 2.65. The predicted octanol–water partition coefficient (Wildman–Crippen LogP) is 0.354. The number of carboxylic acid groups (broad SMARTS) is 1. The first-order valence-electron chi connectivity index (χ1n) is 5.65. The molecule has 2 atom stereocenters. The SMILES string of the molecule is CC(C)[C@@H](NC(=O)C1(C)CCCN1)C(=O)O. The molecule has 1 fully saturated rings. The lowest BCUT2D eigenvalue weighted by molar-refractivity contribution is -0.144. The third-order valence-electron chi connectivity index (χ3n) is 3.09. The van der Waals surface area contributed by atoms with Crippen LogP contribution < -0.4 is 10.6 Å². The summed E-state index contributed by atoms with van der Waals surface area (Å²) < 4.78 is 0. The zero-order valence-corrected chi connectivity index (χ0v) is 10.0. The van der Waals surface area contributed by atoms with Gasteiger partial charge in [0.2, 0.25) is 5.91 Å². The van der Waals surface area contributed by atoms with Crippen LogP contribution in [-0.4, -0.2) is 35.1 Å². The van der Waals surface area contributed by atoms with Gasteiger partial charge in [0.05, 0.1) is 5.54 Å². The van der Waals surface area contributed by atoms with Crippen molar-refractivity contribution in [3.05, 3.63) is 0 Å². The van der Waals surface area contributed by atoms with E-state index in [1.54, 1.807) is 13.8 Å². The van der Waals surface area contributed by atoms with Gasteiger partial charge in [0.25, 0.3) is 0 Å². The number of carbonyl (C=O) groups is 2. The van der Waals surface area contributed by atoms with Crippen LogP contribution in [0, 0.1) is 5.92 Å².